The number of carbonyl (C=O) groups is 4. The Morgan fingerprint density at radius 1 is 0.915 bits per heavy atom. The summed E-state index contributed by atoms with van der Waals surface area (Å²) in [6.45, 7) is 4.00. The molecule has 310 valence electrons. The summed E-state index contributed by atoms with van der Waals surface area (Å²) in [6.07, 6.45) is 15.2. The third kappa shape index (κ3) is 11.8. The smallest absolute Gasteiger partial charge is 0.306 e. The predicted octanol–water partition coefficient (Wildman–Crippen LogP) is 8.96. The molecule has 0 N–H and O–H groups in total. The summed E-state index contributed by atoms with van der Waals surface area (Å²) in [6, 6.07) is 24.8. The zero-order valence-corrected chi connectivity index (χ0v) is 34.0. The number of β-lactam (4-membered cyclic amide) rings is 1. The normalized spacial score (nSPS) is 23.0. The van der Waals surface area contributed by atoms with Crippen molar-refractivity contribution >= 4 is 23.6 Å². The highest BCUT2D eigenvalue weighted by atomic mass is 19.1. The van der Waals surface area contributed by atoms with E-state index in [2.05, 4.69) is 37.3 Å². The topological polar surface area (TPSA) is 108 Å². The second-order valence-corrected chi connectivity index (χ2v) is 15.6. The van der Waals surface area contributed by atoms with Gasteiger partial charge in [0.25, 0.3) is 0 Å². The molecule has 9 nitrogen and oxygen atoms in total. The second kappa shape index (κ2) is 21.0. The van der Waals surface area contributed by atoms with Gasteiger partial charge in [0.2, 0.25) is 5.91 Å². The number of nitrogens with zero attached hydrogens (tertiary/aromatic N) is 1. The molecule has 3 aliphatic rings. The van der Waals surface area contributed by atoms with Crippen molar-refractivity contribution in [3.05, 3.63) is 156 Å². The van der Waals surface area contributed by atoms with Gasteiger partial charge >= 0.3 is 11.9 Å². The molecular formula is C49H54FNO8. The van der Waals surface area contributed by atoms with Crippen LogP contribution in [0.25, 0.3) is 0 Å². The van der Waals surface area contributed by atoms with E-state index >= 15 is 0 Å². The third-order valence-corrected chi connectivity index (χ3v) is 11.3. The number of hydrogen-bond donors (Lipinski definition) is 0. The first-order chi connectivity index (χ1) is 28.6. The van der Waals surface area contributed by atoms with Gasteiger partial charge in [-0.25, -0.2) is 4.39 Å². The van der Waals surface area contributed by atoms with Crippen molar-refractivity contribution < 1.29 is 42.5 Å². The van der Waals surface area contributed by atoms with Gasteiger partial charge in [0.15, 0.2) is 12.1 Å². The van der Waals surface area contributed by atoms with Crippen molar-refractivity contribution in [1.82, 2.24) is 4.90 Å². The summed E-state index contributed by atoms with van der Waals surface area (Å²) in [5, 5.41) is 0. The van der Waals surface area contributed by atoms with E-state index in [1.165, 1.54) is 19.1 Å². The number of carbonyl (C=O) groups excluding carboxylic acids is 4. The van der Waals surface area contributed by atoms with Crippen molar-refractivity contribution in [2.75, 3.05) is 7.11 Å². The average molecular weight is 804 g/mol. The monoisotopic (exact) mass is 803 g/mol. The maximum absolute atomic E-state index is 13.9. The third-order valence-electron chi connectivity index (χ3n) is 11.3. The maximum Gasteiger partial charge on any atom is 0.306 e. The lowest BCUT2D eigenvalue weighted by molar-refractivity contribution is -0.173. The molecule has 10 heteroatoms. The van der Waals surface area contributed by atoms with Gasteiger partial charge in [-0.15, -0.1) is 0 Å². The molecule has 0 bridgehead atoms. The number of likely N-dealkylation sites (tertiary alicyclic amines) is 1. The van der Waals surface area contributed by atoms with Crippen LogP contribution in [-0.4, -0.2) is 54.0 Å². The highest BCUT2D eigenvalue weighted by Gasteiger charge is 2.51. The molecule has 2 aliphatic carbocycles. The van der Waals surface area contributed by atoms with Crippen molar-refractivity contribution in [2.24, 2.45) is 23.7 Å². The zero-order valence-electron chi connectivity index (χ0n) is 34.0. The zero-order chi connectivity index (χ0) is 41.7. The number of rotatable bonds is 19. The fourth-order valence-corrected chi connectivity index (χ4v) is 8.21. The molecule has 6 rings (SSSR count). The molecule has 0 radical (unpaired) electrons. The number of ether oxygens (including phenoxy) is 4. The first-order valence-corrected chi connectivity index (χ1v) is 20.5. The number of amides is 1. The maximum atomic E-state index is 13.9. The fourth-order valence-electron chi connectivity index (χ4n) is 8.21. The molecule has 0 spiro atoms. The van der Waals surface area contributed by atoms with E-state index in [0.717, 1.165) is 16.7 Å². The Bertz CT molecular complexity index is 2010. The molecule has 1 fully saturated rings. The summed E-state index contributed by atoms with van der Waals surface area (Å²) < 4.78 is 37.0. The minimum Gasteiger partial charge on any atom is -0.461 e. The lowest BCUT2D eigenvalue weighted by atomic mass is 9.73. The summed E-state index contributed by atoms with van der Waals surface area (Å²) >= 11 is 0. The van der Waals surface area contributed by atoms with Crippen LogP contribution in [0.2, 0.25) is 0 Å². The van der Waals surface area contributed by atoms with Crippen LogP contribution in [0.3, 0.4) is 0 Å². The second-order valence-electron chi connectivity index (χ2n) is 15.6. The Kier molecular flexibility index (Phi) is 15.4. The molecule has 8 unspecified atom stereocenters. The van der Waals surface area contributed by atoms with Gasteiger partial charge in [-0.1, -0.05) is 116 Å². The number of ketones is 1. The number of benzene rings is 3. The van der Waals surface area contributed by atoms with Crippen molar-refractivity contribution in [3.8, 4) is 0 Å². The lowest BCUT2D eigenvalue weighted by Crippen LogP contribution is -2.65. The quantitative estimate of drug-likeness (QED) is 0.0512. The van der Waals surface area contributed by atoms with Crippen molar-refractivity contribution in [1.29, 1.82) is 0 Å². The Balaban J connectivity index is 1.14. The summed E-state index contributed by atoms with van der Waals surface area (Å²) in [5.74, 6) is -1.65. The Morgan fingerprint density at radius 2 is 1.61 bits per heavy atom. The number of methoxy groups -OCH3 is 1. The molecule has 1 saturated heterocycles. The molecule has 59 heavy (non-hydrogen) atoms. The highest BCUT2D eigenvalue weighted by molar-refractivity contribution is 5.92. The van der Waals surface area contributed by atoms with Crippen LogP contribution < -0.4 is 0 Å². The minimum atomic E-state index is -0.651. The van der Waals surface area contributed by atoms with E-state index in [0.29, 0.717) is 44.3 Å². The van der Waals surface area contributed by atoms with Crippen LogP contribution in [0, 0.1) is 29.5 Å². The molecule has 0 aromatic heterocycles. The fraction of sp³-hybridized carbons (Fsp3) is 0.388. The lowest BCUT2D eigenvalue weighted by Gasteiger charge is -2.52. The molecule has 3 aromatic rings. The molecule has 1 aliphatic heterocycles. The molecular weight excluding hydrogens is 750 g/mol. The van der Waals surface area contributed by atoms with Crippen LogP contribution in [0.4, 0.5) is 4.39 Å². The number of hydrogen-bond acceptors (Lipinski definition) is 8. The van der Waals surface area contributed by atoms with E-state index in [1.807, 2.05) is 71.6 Å². The number of halogens is 1. The summed E-state index contributed by atoms with van der Waals surface area (Å²) in [7, 11) is 1.59. The van der Waals surface area contributed by atoms with Crippen LogP contribution in [-0.2, 0) is 51.3 Å². The van der Waals surface area contributed by atoms with Gasteiger partial charge in [0.05, 0.1) is 31.0 Å². The van der Waals surface area contributed by atoms with Crippen molar-refractivity contribution in [2.45, 2.75) is 90.1 Å². The molecule has 1 amide bonds. The summed E-state index contributed by atoms with van der Waals surface area (Å²) in [4.78, 5) is 53.0. The van der Waals surface area contributed by atoms with Crippen LogP contribution in [0.5, 0.6) is 0 Å². The van der Waals surface area contributed by atoms with Gasteiger partial charge in [-0.05, 0) is 72.1 Å². The van der Waals surface area contributed by atoms with E-state index in [9.17, 15) is 23.6 Å². The standard InChI is InChI=1S/C49H54FNO8/c1-33-29-39(47-44(48(55)51(47)42-23-25-43(53)26-24-42)27-28-45(59-34(2)52)38-19-21-41(50)22-20-38)18-17-37(33)15-10-16-40(30-46(54)57-31-35-11-6-4-7-12-35)49(56-3)58-32-36-13-8-5-9-14-36/h4-15,17-23,25,29,33,37,40,42,44-45,47,49H,16,24,26-28,30-32H2,1-3H3. The number of esters is 2. The summed E-state index contributed by atoms with van der Waals surface area (Å²) in [5.41, 5.74) is 3.60. The van der Waals surface area contributed by atoms with Gasteiger partial charge in [0.1, 0.15) is 18.5 Å². The van der Waals surface area contributed by atoms with E-state index < -0.39 is 18.4 Å². The highest BCUT2D eigenvalue weighted by Crippen LogP contribution is 2.43. The van der Waals surface area contributed by atoms with Crippen molar-refractivity contribution in [3.63, 3.8) is 0 Å². The van der Waals surface area contributed by atoms with Gasteiger partial charge in [0, 0.05) is 32.3 Å². The minimum absolute atomic E-state index is 0.000769. The Morgan fingerprint density at radius 3 is 2.24 bits per heavy atom. The molecule has 0 saturated carbocycles. The molecule has 3 aromatic carbocycles. The van der Waals surface area contributed by atoms with E-state index in [4.69, 9.17) is 18.9 Å². The largest absolute Gasteiger partial charge is 0.461 e. The molecule has 8 atom stereocenters. The van der Waals surface area contributed by atoms with E-state index in [-0.39, 0.29) is 72.3 Å². The Labute approximate surface area is 346 Å². The van der Waals surface area contributed by atoms with Gasteiger partial charge in [-0.2, -0.15) is 0 Å². The SMILES string of the molecule is COC(OCc1ccccc1)C(CC=CC1C=CC(C2C(CCC(OC(C)=O)c3ccc(F)cc3)C(=O)N2C2C=CC(=O)CC2)=CC1C)CC(=O)OCc1ccccc1. The first kappa shape index (κ1) is 43.1. The molecule has 1 heterocycles. The van der Waals surface area contributed by atoms with Gasteiger partial charge < -0.3 is 23.8 Å². The average Bonchev–Trinajstić information content (AvgIpc) is 3.24. The van der Waals surface area contributed by atoms with Crippen LogP contribution >= 0.6 is 0 Å². The Hall–Kier alpha value is -5.45. The number of allylic oxidation sites excluding steroid dienone is 5. The van der Waals surface area contributed by atoms with Gasteiger partial charge in [-0.3, -0.25) is 19.2 Å². The van der Waals surface area contributed by atoms with Crippen LogP contribution in [0.1, 0.15) is 75.2 Å². The first-order valence-electron chi connectivity index (χ1n) is 20.5. The van der Waals surface area contributed by atoms with E-state index in [1.54, 1.807) is 25.3 Å². The predicted molar refractivity (Wildman–Crippen MR) is 221 cm³/mol. The van der Waals surface area contributed by atoms with Crippen LogP contribution in [0.15, 0.2) is 133 Å².